The Morgan fingerprint density at radius 3 is 2.66 bits per heavy atom. The third kappa shape index (κ3) is 5.14. The molecule has 214 valence electrons. The highest BCUT2D eigenvalue weighted by atomic mass is 19.1. The molecule has 0 radical (unpaired) electrons. The number of hydrogen-bond acceptors (Lipinski definition) is 6. The molecule has 2 saturated heterocycles. The first kappa shape index (κ1) is 27.2. The van der Waals surface area contributed by atoms with Crippen molar-refractivity contribution in [2.24, 2.45) is 17.8 Å². The molecule has 3 aromatic rings. The number of allylic oxidation sites excluding steroid dienone is 4. The molecule has 8 nitrogen and oxygen atoms in total. The molecule has 0 saturated carbocycles. The first-order valence-corrected chi connectivity index (χ1v) is 14.5. The van der Waals surface area contributed by atoms with Gasteiger partial charge in [-0.25, -0.2) is 14.4 Å². The van der Waals surface area contributed by atoms with Crippen LogP contribution in [0.3, 0.4) is 0 Å². The smallest absolute Gasteiger partial charge is 0.227 e. The average molecular weight is 556 g/mol. The van der Waals surface area contributed by atoms with Gasteiger partial charge < -0.3 is 20.4 Å². The third-order valence-corrected chi connectivity index (χ3v) is 8.90. The second-order valence-corrected chi connectivity index (χ2v) is 11.5. The standard InChI is InChI=1S/C32H38FN7O/c1-20-5-7-27(29(33)22(20)3)28-19-36-31-30(35-11-12-40(28)31)37-25-6-8-26(21(2)17-25)23(4)38-13-15-39(16-14-38)32(41)24-9-10-34-18-24/h5-8,11-12,17,19-20,22,24,34H,4,9-10,13-16,18H2,1-3H3,(H,35,37). The molecule has 1 amide bonds. The number of fused-ring (bicyclic) bond motifs is 1. The fraction of sp³-hybridized carbons (Fsp3) is 0.406. The second-order valence-electron chi connectivity index (χ2n) is 11.5. The molecule has 41 heavy (non-hydrogen) atoms. The number of halogens is 1. The maximum atomic E-state index is 15.2. The predicted molar refractivity (Wildman–Crippen MR) is 161 cm³/mol. The molecule has 6 rings (SSSR count). The monoisotopic (exact) mass is 555 g/mol. The lowest BCUT2D eigenvalue weighted by Gasteiger charge is -2.38. The van der Waals surface area contributed by atoms with Crippen molar-refractivity contribution in [1.82, 2.24) is 29.5 Å². The molecule has 0 spiro atoms. The zero-order valence-electron chi connectivity index (χ0n) is 24.0. The number of rotatable bonds is 6. The molecule has 9 heteroatoms. The molecule has 2 fully saturated rings. The Balaban J connectivity index is 1.15. The van der Waals surface area contributed by atoms with Crippen molar-refractivity contribution >= 4 is 34.3 Å². The number of imidazole rings is 1. The van der Waals surface area contributed by atoms with E-state index in [4.69, 9.17) is 0 Å². The predicted octanol–water partition coefficient (Wildman–Crippen LogP) is 5.03. The van der Waals surface area contributed by atoms with Gasteiger partial charge in [0.05, 0.1) is 17.8 Å². The van der Waals surface area contributed by atoms with Crippen LogP contribution in [0, 0.1) is 24.7 Å². The molecule has 1 aromatic carbocycles. The lowest BCUT2D eigenvalue weighted by molar-refractivity contribution is -0.136. The van der Waals surface area contributed by atoms with E-state index in [0.717, 1.165) is 68.2 Å². The Morgan fingerprint density at radius 1 is 1.15 bits per heavy atom. The molecule has 1 aliphatic carbocycles. The molecular weight excluding hydrogens is 517 g/mol. The lowest BCUT2D eigenvalue weighted by Crippen LogP contribution is -2.49. The van der Waals surface area contributed by atoms with E-state index >= 15 is 4.39 Å². The molecule has 4 heterocycles. The highest BCUT2D eigenvalue weighted by Gasteiger charge is 2.30. The zero-order valence-corrected chi connectivity index (χ0v) is 24.0. The quantitative estimate of drug-likeness (QED) is 0.445. The summed E-state index contributed by atoms with van der Waals surface area (Å²) in [4.78, 5) is 26.2. The number of anilines is 2. The van der Waals surface area contributed by atoms with Gasteiger partial charge in [-0.05, 0) is 43.5 Å². The van der Waals surface area contributed by atoms with Crippen molar-refractivity contribution < 1.29 is 9.18 Å². The fourth-order valence-corrected chi connectivity index (χ4v) is 6.08. The van der Waals surface area contributed by atoms with E-state index in [-0.39, 0.29) is 29.5 Å². The van der Waals surface area contributed by atoms with Gasteiger partial charge >= 0.3 is 0 Å². The average Bonchev–Trinajstić information content (AvgIpc) is 3.67. The van der Waals surface area contributed by atoms with Crippen LogP contribution in [0.2, 0.25) is 0 Å². The van der Waals surface area contributed by atoms with Gasteiger partial charge in [0.1, 0.15) is 5.83 Å². The number of carbonyl (C=O) groups is 1. The first-order valence-electron chi connectivity index (χ1n) is 14.5. The van der Waals surface area contributed by atoms with Crippen molar-refractivity contribution in [3.63, 3.8) is 0 Å². The number of nitrogens with zero attached hydrogens (tertiary/aromatic N) is 5. The van der Waals surface area contributed by atoms with Gasteiger partial charge in [-0.15, -0.1) is 0 Å². The first-order chi connectivity index (χ1) is 19.8. The minimum Gasteiger partial charge on any atom is -0.368 e. The van der Waals surface area contributed by atoms with Crippen molar-refractivity contribution in [2.75, 3.05) is 44.6 Å². The van der Waals surface area contributed by atoms with Gasteiger partial charge in [0, 0.05) is 73.6 Å². The summed E-state index contributed by atoms with van der Waals surface area (Å²) in [6, 6.07) is 6.18. The van der Waals surface area contributed by atoms with E-state index in [2.05, 4.69) is 57.2 Å². The highest BCUT2D eigenvalue weighted by molar-refractivity contribution is 5.81. The number of aryl methyl sites for hydroxylation is 1. The summed E-state index contributed by atoms with van der Waals surface area (Å²) in [5.74, 6) is 0.880. The second kappa shape index (κ2) is 11.1. The Kier molecular flexibility index (Phi) is 7.38. The van der Waals surface area contributed by atoms with Crippen molar-refractivity contribution in [1.29, 1.82) is 0 Å². The maximum Gasteiger partial charge on any atom is 0.227 e. The molecule has 3 atom stereocenters. The summed E-state index contributed by atoms with van der Waals surface area (Å²) in [5, 5.41) is 6.70. The Bertz CT molecular complexity index is 1540. The lowest BCUT2D eigenvalue weighted by atomic mass is 9.86. The van der Waals surface area contributed by atoms with Gasteiger partial charge in [-0.2, -0.15) is 0 Å². The van der Waals surface area contributed by atoms with E-state index < -0.39 is 0 Å². The Morgan fingerprint density at radius 2 is 1.93 bits per heavy atom. The van der Waals surface area contributed by atoms with Crippen LogP contribution in [-0.4, -0.2) is 69.3 Å². The molecular formula is C32H38FN7O. The summed E-state index contributed by atoms with van der Waals surface area (Å²) < 4.78 is 17.0. The van der Waals surface area contributed by atoms with Crippen LogP contribution in [0.25, 0.3) is 16.9 Å². The third-order valence-electron chi connectivity index (χ3n) is 8.90. The molecule has 0 bridgehead atoms. The molecule has 2 aliphatic heterocycles. The van der Waals surface area contributed by atoms with Crippen LogP contribution in [0.4, 0.5) is 15.9 Å². The number of nitrogens with one attached hydrogen (secondary N) is 2. The van der Waals surface area contributed by atoms with Crippen LogP contribution in [0.1, 0.15) is 37.1 Å². The Labute approximate surface area is 240 Å². The van der Waals surface area contributed by atoms with E-state index in [1.165, 1.54) is 0 Å². The number of amides is 1. The summed E-state index contributed by atoms with van der Waals surface area (Å²) in [5.41, 5.74) is 5.95. The number of carbonyl (C=O) groups excluding carboxylic acids is 1. The van der Waals surface area contributed by atoms with Crippen LogP contribution < -0.4 is 10.6 Å². The van der Waals surface area contributed by atoms with Crippen LogP contribution in [0.15, 0.2) is 61.3 Å². The molecule has 3 unspecified atom stereocenters. The summed E-state index contributed by atoms with van der Waals surface area (Å²) in [6.07, 6.45) is 10.1. The molecule has 2 N–H and O–H groups in total. The van der Waals surface area contributed by atoms with E-state index in [0.29, 0.717) is 22.7 Å². The fourth-order valence-electron chi connectivity index (χ4n) is 6.08. The highest BCUT2D eigenvalue weighted by Crippen LogP contribution is 2.36. The van der Waals surface area contributed by atoms with E-state index in [1.807, 2.05) is 41.5 Å². The number of hydrogen-bond donors (Lipinski definition) is 2. The zero-order chi connectivity index (χ0) is 28.7. The summed E-state index contributed by atoms with van der Waals surface area (Å²) in [7, 11) is 0. The maximum absolute atomic E-state index is 15.2. The van der Waals surface area contributed by atoms with Crippen LogP contribution >= 0.6 is 0 Å². The molecule has 2 aromatic heterocycles. The van der Waals surface area contributed by atoms with Crippen molar-refractivity contribution in [2.45, 2.75) is 27.2 Å². The number of piperazine rings is 1. The van der Waals surface area contributed by atoms with Crippen molar-refractivity contribution in [3.8, 4) is 0 Å². The van der Waals surface area contributed by atoms with Crippen LogP contribution in [0.5, 0.6) is 0 Å². The molecule has 3 aliphatic rings. The summed E-state index contributed by atoms with van der Waals surface area (Å²) >= 11 is 0. The largest absolute Gasteiger partial charge is 0.368 e. The van der Waals surface area contributed by atoms with Crippen LogP contribution in [-0.2, 0) is 4.79 Å². The van der Waals surface area contributed by atoms with Gasteiger partial charge in [0.15, 0.2) is 11.5 Å². The van der Waals surface area contributed by atoms with Gasteiger partial charge in [0.25, 0.3) is 0 Å². The Hall–Kier alpha value is -3.98. The number of aromatic nitrogens is 3. The topological polar surface area (TPSA) is 77.8 Å². The normalized spacial score (nSPS) is 23.0. The SMILES string of the molecule is C=C(c1ccc(Nc2nccn3c(C4=C(F)C(C)C(C)C=C4)cnc23)cc1C)N1CCN(C(=O)C2CCNC2)CC1. The van der Waals surface area contributed by atoms with Crippen molar-refractivity contribution in [3.05, 3.63) is 78.2 Å². The minimum absolute atomic E-state index is 0.112. The van der Waals surface area contributed by atoms with Gasteiger partial charge in [0.2, 0.25) is 5.91 Å². The van der Waals surface area contributed by atoms with Gasteiger partial charge in [-0.1, -0.05) is 38.6 Å². The summed E-state index contributed by atoms with van der Waals surface area (Å²) in [6.45, 7) is 15.2. The van der Waals surface area contributed by atoms with E-state index in [1.54, 1.807) is 12.4 Å². The number of benzene rings is 1. The minimum atomic E-state index is -0.169. The van der Waals surface area contributed by atoms with E-state index in [9.17, 15) is 4.79 Å². The van der Waals surface area contributed by atoms with Gasteiger partial charge in [-0.3, -0.25) is 9.20 Å².